The van der Waals surface area contributed by atoms with Gasteiger partial charge in [-0.15, -0.1) is 0 Å². The normalized spacial score (nSPS) is 10.0. The molecule has 0 saturated carbocycles. The summed E-state index contributed by atoms with van der Waals surface area (Å²) in [5.74, 6) is 0.730. The van der Waals surface area contributed by atoms with Crippen LogP contribution in [0.1, 0.15) is 11.1 Å². The van der Waals surface area contributed by atoms with Crippen molar-refractivity contribution in [1.29, 1.82) is 0 Å². The Morgan fingerprint density at radius 3 is 2.80 bits per heavy atom. The lowest BCUT2D eigenvalue weighted by Crippen LogP contribution is -2.06. The summed E-state index contributed by atoms with van der Waals surface area (Å²) in [6.45, 7) is 4.73. The van der Waals surface area contributed by atoms with E-state index < -0.39 is 0 Å². The van der Waals surface area contributed by atoms with E-state index in [-0.39, 0.29) is 6.61 Å². The minimum atomic E-state index is -0.0111. The third-order valence-corrected chi connectivity index (χ3v) is 2.08. The summed E-state index contributed by atoms with van der Waals surface area (Å²) in [6, 6.07) is 5.55. The van der Waals surface area contributed by atoms with Gasteiger partial charge in [-0.2, -0.15) is 0 Å². The third-order valence-electron chi connectivity index (χ3n) is 2.08. The molecule has 0 amide bonds. The quantitative estimate of drug-likeness (QED) is 0.725. The molecule has 1 aromatic rings. The van der Waals surface area contributed by atoms with Gasteiger partial charge >= 0.3 is 0 Å². The molecular weight excluding hydrogens is 192 g/mol. The topological polar surface area (TPSA) is 38.7 Å². The molecule has 0 aliphatic heterocycles. The van der Waals surface area contributed by atoms with Crippen LogP contribution in [-0.4, -0.2) is 25.4 Å². The van der Waals surface area contributed by atoms with E-state index >= 15 is 0 Å². The second-order valence-corrected chi connectivity index (χ2v) is 3.03. The third kappa shape index (κ3) is 3.08. The molecule has 3 nitrogen and oxygen atoms in total. The van der Waals surface area contributed by atoms with Crippen LogP contribution in [0.2, 0.25) is 0 Å². The molecule has 0 saturated heterocycles. The van der Waals surface area contributed by atoms with Gasteiger partial charge in [0.1, 0.15) is 12.4 Å². The summed E-state index contributed by atoms with van der Waals surface area (Å²) < 4.78 is 10.4. The highest BCUT2D eigenvalue weighted by atomic mass is 16.5. The molecular formula is C12H16O3. The van der Waals surface area contributed by atoms with Gasteiger partial charge < -0.3 is 14.6 Å². The largest absolute Gasteiger partial charge is 0.491 e. The van der Waals surface area contributed by atoms with Crippen molar-refractivity contribution in [3.63, 3.8) is 0 Å². The molecule has 0 fully saturated rings. The molecule has 0 atom stereocenters. The van der Waals surface area contributed by atoms with Crippen molar-refractivity contribution < 1.29 is 14.6 Å². The summed E-state index contributed by atoms with van der Waals surface area (Å²) in [4.78, 5) is 0. The Hall–Kier alpha value is -1.32. The molecule has 3 heteroatoms. The zero-order valence-corrected chi connectivity index (χ0v) is 8.90. The number of benzene rings is 1. The summed E-state index contributed by atoms with van der Waals surface area (Å²) in [5.41, 5.74) is 1.66. The second-order valence-electron chi connectivity index (χ2n) is 3.03. The van der Waals surface area contributed by atoms with E-state index in [4.69, 9.17) is 14.6 Å². The van der Waals surface area contributed by atoms with Crippen molar-refractivity contribution in [1.82, 2.24) is 0 Å². The summed E-state index contributed by atoms with van der Waals surface area (Å²) in [6.07, 6.45) is 1.69. The lowest BCUT2D eigenvalue weighted by atomic mass is 10.1. The molecule has 15 heavy (non-hydrogen) atoms. The molecule has 0 aromatic heterocycles. The van der Waals surface area contributed by atoms with Crippen LogP contribution in [0.25, 0.3) is 6.08 Å². The number of rotatable bonds is 6. The Labute approximate surface area is 90.0 Å². The minimum absolute atomic E-state index is 0.0111. The van der Waals surface area contributed by atoms with Gasteiger partial charge in [0, 0.05) is 12.7 Å². The van der Waals surface area contributed by atoms with E-state index in [0.717, 1.165) is 16.9 Å². The Morgan fingerprint density at radius 2 is 2.20 bits per heavy atom. The van der Waals surface area contributed by atoms with Crippen LogP contribution in [0, 0.1) is 0 Å². The highest BCUT2D eigenvalue weighted by Gasteiger charge is 2.05. The maximum Gasteiger partial charge on any atom is 0.126 e. The van der Waals surface area contributed by atoms with E-state index in [1.807, 2.05) is 18.2 Å². The summed E-state index contributed by atoms with van der Waals surface area (Å²) in [5, 5.41) is 9.12. The molecule has 82 valence electrons. The van der Waals surface area contributed by atoms with Crippen molar-refractivity contribution in [2.45, 2.75) is 6.61 Å². The van der Waals surface area contributed by atoms with Crippen LogP contribution in [0.15, 0.2) is 24.8 Å². The van der Waals surface area contributed by atoms with E-state index in [9.17, 15) is 0 Å². The summed E-state index contributed by atoms with van der Waals surface area (Å²) >= 11 is 0. The monoisotopic (exact) mass is 208 g/mol. The van der Waals surface area contributed by atoms with Gasteiger partial charge in [0.2, 0.25) is 0 Å². The lowest BCUT2D eigenvalue weighted by Gasteiger charge is -2.11. The average Bonchev–Trinajstić information content (AvgIpc) is 2.29. The number of hydrogen-bond acceptors (Lipinski definition) is 3. The molecule has 1 N–H and O–H groups in total. The lowest BCUT2D eigenvalue weighted by molar-refractivity contribution is 0.146. The van der Waals surface area contributed by atoms with E-state index in [2.05, 4.69) is 6.58 Å². The molecule has 1 rings (SSSR count). The smallest absolute Gasteiger partial charge is 0.126 e. The molecule has 0 unspecified atom stereocenters. The van der Waals surface area contributed by atoms with E-state index in [1.165, 1.54) is 0 Å². The number of hydrogen-bond donors (Lipinski definition) is 1. The first-order chi connectivity index (χ1) is 7.33. The molecule has 0 heterocycles. The van der Waals surface area contributed by atoms with E-state index in [1.54, 1.807) is 13.2 Å². The number of methoxy groups -OCH3 is 1. The first-order valence-electron chi connectivity index (χ1n) is 4.80. The van der Waals surface area contributed by atoms with Crippen molar-refractivity contribution in [3.05, 3.63) is 35.9 Å². The van der Waals surface area contributed by atoms with Gasteiger partial charge in [-0.05, 0) is 11.6 Å². The Balaban J connectivity index is 2.81. The number of ether oxygens (including phenoxy) is 2. The molecule has 0 aliphatic rings. The highest BCUT2D eigenvalue weighted by molar-refractivity contribution is 5.59. The van der Waals surface area contributed by atoms with Crippen molar-refractivity contribution in [2.24, 2.45) is 0 Å². The van der Waals surface area contributed by atoms with Crippen molar-refractivity contribution >= 4 is 6.08 Å². The standard InChI is InChI=1S/C12H16O3/c1-3-11-10(9-13)5-4-6-12(11)15-8-7-14-2/h3-6,13H,1,7-9H2,2H3. The van der Waals surface area contributed by atoms with Crippen molar-refractivity contribution in [3.8, 4) is 5.75 Å². The summed E-state index contributed by atoms with van der Waals surface area (Å²) in [7, 11) is 1.63. The molecule has 0 aliphatic carbocycles. The van der Waals surface area contributed by atoms with Gasteiger partial charge in [0.05, 0.1) is 13.2 Å². The molecule has 1 aromatic carbocycles. The second kappa shape index (κ2) is 6.22. The van der Waals surface area contributed by atoms with Gasteiger partial charge in [-0.25, -0.2) is 0 Å². The average molecular weight is 208 g/mol. The highest BCUT2D eigenvalue weighted by Crippen LogP contribution is 2.23. The van der Waals surface area contributed by atoms with Gasteiger partial charge in [-0.1, -0.05) is 24.8 Å². The molecule has 0 bridgehead atoms. The predicted molar refractivity (Wildman–Crippen MR) is 59.8 cm³/mol. The fourth-order valence-corrected chi connectivity index (χ4v) is 1.32. The van der Waals surface area contributed by atoms with Crippen LogP contribution in [-0.2, 0) is 11.3 Å². The molecule has 0 spiro atoms. The Kier molecular flexibility index (Phi) is 4.87. The van der Waals surface area contributed by atoms with Crippen LogP contribution in [0.5, 0.6) is 5.75 Å². The Morgan fingerprint density at radius 1 is 1.40 bits per heavy atom. The SMILES string of the molecule is C=Cc1c(CO)cccc1OCCOC. The maximum atomic E-state index is 9.12. The van der Waals surface area contributed by atoms with Crippen LogP contribution < -0.4 is 4.74 Å². The van der Waals surface area contributed by atoms with Crippen LogP contribution >= 0.6 is 0 Å². The van der Waals surface area contributed by atoms with Gasteiger partial charge in [-0.3, -0.25) is 0 Å². The van der Waals surface area contributed by atoms with Crippen LogP contribution in [0.3, 0.4) is 0 Å². The first-order valence-corrected chi connectivity index (χ1v) is 4.80. The molecule has 0 radical (unpaired) electrons. The van der Waals surface area contributed by atoms with Crippen LogP contribution in [0.4, 0.5) is 0 Å². The Bertz CT molecular complexity index is 321. The van der Waals surface area contributed by atoms with Crippen molar-refractivity contribution in [2.75, 3.05) is 20.3 Å². The maximum absolute atomic E-state index is 9.12. The number of aliphatic hydroxyl groups is 1. The fourth-order valence-electron chi connectivity index (χ4n) is 1.32. The van der Waals surface area contributed by atoms with E-state index in [0.29, 0.717) is 13.2 Å². The minimum Gasteiger partial charge on any atom is -0.491 e. The predicted octanol–water partition coefficient (Wildman–Crippen LogP) is 1.85. The number of aliphatic hydroxyl groups excluding tert-OH is 1. The first kappa shape index (κ1) is 11.8. The van der Waals surface area contributed by atoms with Gasteiger partial charge in [0.15, 0.2) is 0 Å². The fraction of sp³-hybridized carbons (Fsp3) is 0.333. The zero-order valence-electron chi connectivity index (χ0n) is 8.90. The van der Waals surface area contributed by atoms with Gasteiger partial charge in [0.25, 0.3) is 0 Å². The zero-order chi connectivity index (χ0) is 11.1.